The summed E-state index contributed by atoms with van der Waals surface area (Å²) in [5, 5.41) is 0. The van der Waals surface area contributed by atoms with Crippen LogP contribution in [0.1, 0.15) is 41.6 Å². The Morgan fingerprint density at radius 3 is 2.68 bits per heavy atom. The molecule has 2 atom stereocenters. The molecule has 2 aromatic rings. The number of hydrogen-bond acceptors (Lipinski definition) is 2. The molecule has 2 nitrogen and oxygen atoms in total. The van der Waals surface area contributed by atoms with Crippen molar-refractivity contribution in [3.05, 3.63) is 77.4 Å². The van der Waals surface area contributed by atoms with Crippen LogP contribution in [0.25, 0.3) is 0 Å². The highest BCUT2D eigenvalue weighted by atomic mass is 16.5. The zero-order valence-electron chi connectivity index (χ0n) is 15.7. The van der Waals surface area contributed by atoms with E-state index in [2.05, 4.69) is 67.8 Å². The monoisotopic (exact) mass is 335 g/mol. The smallest absolute Gasteiger partial charge is 0.122 e. The first kappa shape index (κ1) is 17.8. The summed E-state index contributed by atoms with van der Waals surface area (Å²) in [6, 6.07) is 16.3. The molecule has 0 aromatic heterocycles. The van der Waals surface area contributed by atoms with Crippen LogP contribution in [-0.2, 0) is 12.8 Å². The fraction of sp³-hybridized carbons (Fsp3) is 0.391. The van der Waals surface area contributed by atoms with Gasteiger partial charge in [-0.05, 0) is 55.9 Å². The Labute approximate surface area is 152 Å². The lowest BCUT2D eigenvalue weighted by Gasteiger charge is -2.39. The Morgan fingerprint density at radius 1 is 1.24 bits per heavy atom. The molecule has 3 rings (SSSR count). The van der Waals surface area contributed by atoms with E-state index in [-0.39, 0.29) is 0 Å². The quantitative estimate of drug-likeness (QED) is 0.680. The molecule has 2 aromatic carbocycles. The van der Waals surface area contributed by atoms with Gasteiger partial charge >= 0.3 is 0 Å². The third-order valence-electron chi connectivity index (χ3n) is 5.50. The number of methoxy groups -OCH3 is 1. The predicted octanol–water partition coefficient (Wildman–Crippen LogP) is 5.11. The van der Waals surface area contributed by atoms with E-state index in [4.69, 9.17) is 4.74 Å². The minimum atomic E-state index is 0.385. The molecule has 0 unspecified atom stereocenters. The molecule has 0 amide bonds. The van der Waals surface area contributed by atoms with Gasteiger partial charge in [0.05, 0.1) is 7.11 Å². The molecule has 0 saturated heterocycles. The van der Waals surface area contributed by atoms with Crippen LogP contribution < -0.4 is 4.74 Å². The van der Waals surface area contributed by atoms with E-state index < -0.39 is 0 Å². The van der Waals surface area contributed by atoms with E-state index in [1.807, 2.05) is 6.08 Å². The van der Waals surface area contributed by atoms with Gasteiger partial charge in [-0.2, -0.15) is 0 Å². The van der Waals surface area contributed by atoms with Crippen LogP contribution in [0.15, 0.2) is 55.1 Å². The van der Waals surface area contributed by atoms with Crippen molar-refractivity contribution in [1.29, 1.82) is 0 Å². The lowest BCUT2D eigenvalue weighted by molar-refractivity contribution is 0.147. The Hall–Kier alpha value is -2.06. The van der Waals surface area contributed by atoms with Gasteiger partial charge in [0.25, 0.3) is 0 Å². The molecule has 0 heterocycles. The van der Waals surface area contributed by atoms with Crippen LogP contribution in [-0.4, -0.2) is 24.6 Å². The number of hydrogen-bond donors (Lipinski definition) is 0. The second-order valence-electron chi connectivity index (χ2n) is 7.07. The largest absolute Gasteiger partial charge is 0.496 e. The molecule has 0 radical (unpaired) electrons. The molecule has 2 heteroatoms. The van der Waals surface area contributed by atoms with E-state index in [1.165, 1.54) is 22.3 Å². The summed E-state index contributed by atoms with van der Waals surface area (Å²) in [6.07, 6.45) is 5.36. The van der Waals surface area contributed by atoms with Crippen molar-refractivity contribution in [3.8, 4) is 5.75 Å². The van der Waals surface area contributed by atoms with Crippen LogP contribution in [0.3, 0.4) is 0 Å². The summed E-state index contributed by atoms with van der Waals surface area (Å²) in [4.78, 5) is 2.60. The average Bonchev–Trinajstić information content (AvgIpc) is 2.65. The molecule has 0 aliphatic heterocycles. The fourth-order valence-electron chi connectivity index (χ4n) is 4.04. The van der Waals surface area contributed by atoms with E-state index in [0.717, 1.165) is 31.6 Å². The van der Waals surface area contributed by atoms with Gasteiger partial charge in [0.1, 0.15) is 5.75 Å². The predicted molar refractivity (Wildman–Crippen MR) is 105 cm³/mol. The zero-order chi connectivity index (χ0) is 17.8. The molecule has 132 valence electrons. The van der Waals surface area contributed by atoms with Crippen LogP contribution in [0, 0.1) is 6.92 Å². The van der Waals surface area contributed by atoms with Gasteiger partial charge in [-0.1, -0.05) is 48.0 Å². The summed E-state index contributed by atoms with van der Waals surface area (Å²) >= 11 is 0. The molecule has 0 bridgehead atoms. The Bertz CT molecular complexity index is 719. The van der Waals surface area contributed by atoms with Crippen molar-refractivity contribution in [2.75, 3.05) is 13.7 Å². The summed E-state index contributed by atoms with van der Waals surface area (Å²) in [5.41, 5.74) is 5.51. The molecule has 0 fully saturated rings. The molecule has 25 heavy (non-hydrogen) atoms. The summed E-state index contributed by atoms with van der Waals surface area (Å²) in [5.74, 6) is 1.04. The van der Waals surface area contributed by atoms with Crippen molar-refractivity contribution in [1.82, 2.24) is 4.90 Å². The van der Waals surface area contributed by atoms with Crippen molar-refractivity contribution in [2.45, 2.75) is 45.2 Å². The van der Waals surface area contributed by atoms with Crippen molar-refractivity contribution in [2.24, 2.45) is 0 Å². The van der Waals surface area contributed by atoms with Crippen LogP contribution in [0.2, 0.25) is 0 Å². The van der Waals surface area contributed by atoms with Gasteiger partial charge in [0.2, 0.25) is 0 Å². The normalized spacial score (nSPS) is 17.8. The van der Waals surface area contributed by atoms with Crippen LogP contribution in [0.4, 0.5) is 0 Å². The molecular weight excluding hydrogens is 306 g/mol. The van der Waals surface area contributed by atoms with Crippen molar-refractivity contribution in [3.63, 3.8) is 0 Å². The number of aryl methyl sites for hydroxylation is 1. The molecule has 1 aliphatic carbocycles. The van der Waals surface area contributed by atoms with Gasteiger partial charge < -0.3 is 4.74 Å². The van der Waals surface area contributed by atoms with Gasteiger partial charge in [0.15, 0.2) is 0 Å². The summed E-state index contributed by atoms with van der Waals surface area (Å²) < 4.78 is 5.55. The van der Waals surface area contributed by atoms with Crippen molar-refractivity contribution < 1.29 is 4.74 Å². The topological polar surface area (TPSA) is 12.5 Å². The molecule has 0 N–H and O–H groups in total. The summed E-state index contributed by atoms with van der Waals surface area (Å²) in [6.45, 7) is 9.37. The number of fused-ring (bicyclic) bond motifs is 1. The zero-order valence-corrected chi connectivity index (χ0v) is 15.7. The lowest BCUT2D eigenvalue weighted by atomic mass is 9.86. The van der Waals surface area contributed by atoms with Gasteiger partial charge in [-0.3, -0.25) is 4.90 Å². The SMILES string of the molecule is C=CCN([C@H]1CCc2c(cccc2OC)C1)[C@H](C)c1ccc(C)cc1. The second-order valence-corrected chi connectivity index (χ2v) is 7.07. The maximum atomic E-state index is 5.55. The second kappa shape index (κ2) is 7.88. The standard InChI is InChI=1S/C23H29NO/c1-5-15-24(18(3)19-11-9-17(2)10-12-19)21-13-14-22-20(16-21)7-6-8-23(22)25-4/h5-12,18,21H,1,13-16H2,2-4H3/t18-,21+/m1/s1. The maximum Gasteiger partial charge on any atom is 0.122 e. The molecule has 0 saturated carbocycles. The third-order valence-corrected chi connectivity index (χ3v) is 5.50. The molecule has 1 aliphatic rings. The third kappa shape index (κ3) is 3.80. The highest BCUT2D eigenvalue weighted by Crippen LogP contribution is 2.34. The first-order chi connectivity index (χ1) is 12.1. The highest BCUT2D eigenvalue weighted by Gasteiger charge is 2.28. The van der Waals surface area contributed by atoms with Gasteiger partial charge in [-0.25, -0.2) is 0 Å². The highest BCUT2D eigenvalue weighted by molar-refractivity contribution is 5.42. The first-order valence-corrected chi connectivity index (χ1v) is 9.22. The van der Waals surface area contributed by atoms with Crippen molar-refractivity contribution >= 4 is 0 Å². The number of ether oxygens (including phenoxy) is 1. The minimum absolute atomic E-state index is 0.385. The minimum Gasteiger partial charge on any atom is -0.496 e. The number of nitrogens with zero attached hydrogens (tertiary/aromatic N) is 1. The van der Waals surface area contributed by atoms with E-state index in [9.17, 15) is 0 Å². The number of benzene rings is 2. The van der Waals surface area contributed by atoms with E-state index in [1.54, 1.807) is 7.11 Å². The van der Waals surface area contributed by atoms with Gasteiger partial charge in [-0.15, -0.1) is 6.58 Å². The Morgan fingerprint density at radius 2 is 2.00 bits per heavy atom. The fourth-order valence-corrected chi connectivity index (χ4v) is 4.04. The maximum absolute atomic E-state index is 5.55. The van der Waals surface area contributed by atoms with Crippen LogP contribution >= 0.6 is 0 Å². The number of rotatable bonds is 6. The first-order valence-electron chi connectivity index (χ1n) is 9.22. The van der Waals surface area contributed by atoms with E-state index in [0.29, 0.717) is 12.1 Å². The van der Waals surface area contributed by atoms with Gasteiger partial charge in [0, 0.05) is 18.6 Å². The molecular formula is C23H29NO. The van der Waals surface area contributed by atoms with Crippen LogP contribution in [0.5, 0.6) is 5.75 Å². The summed E-state index contributed by atoms with van der Waals surface area (Å²) in [7, 11) is 1.77. The van der Waals surface area contributed by atoms with E-state index >= 15 is 0 Å². The average molecular weight is 335 g/mol. The lowest BCUT2D eigenvalue weighted by Crippen LogP contribution is -2.41. The Kier molecular flexibility index (Phi) is 5.60. The molecule has 0 spiro atoms. The Balaban J connectivity index is 1.83.